The molecule has 0 atom stereocenters. The molecule has 0 unspecified atom stereocenters. The van der Waals surface area contributed by atoms with Gasteiger partial charge in [-0.1, -0.05) is 19.1 Å². The molecule has 0 spiro atoms. The van der Waals surface area contributed by atoms with Crippen molar-refractivity contribution in [2.24, 2.45) is 0 Å². The van der Waals surface area contributed by atoms with Crippen LogP contribution in [-0.4, -0.2) is 52.6 Å². The second kappa shape index (κ2) is 17.2. The van der Waals surface area contributed by atoms with Crippen LogP contribution in [-0.2, 0) is 9.47 Å². The van der Waals surface area contributed by atoms with E-state index in [0.717, 1.165) is 71.9 Å². The maximum atomic E-state index is 5.56. The Morgan fingerprint density at radius 2 is 1.76 bits per heavy atom. The van der Waals surface area contributed by atoms with Crippen molar-refractivity contribution in [1.82, 2.24) is 10.6 Å². The Hall–Kier alpha value is -0.900. The van der Waals surface area contributed by atoms with Crippen LogP contribution < -0.4 is 10.6 Å². The minimum absolute atomic E-state index is 0.733. The summed E-state index contributed by atoms with van der Waals surface area (Å²) < 4.78 is 10.9. The summed E-state index contributed by atoms with van der Waals surface area (Å²) >= 11 is 0. The molecule has 0 aliphatic rings. The molecule has 0 amide bonds. The monoisotopic (exact) mass is 295 g/mol. The smallest absolute Gasteiger partial charge is 0.0591 e. The first-order chi connectivity index (χ1) is 10.3. The van der Waals surface area contributed by atoms with Crippen molar-refractivity contribution in [3.05, 3.63) is 30.5 Å². The molecule has 0 aromatic carbocycles. The Balaban J connectivity index is 3.16. The molecule has 4 heteroatoms. The number of hydrogen-bond donors (Lipinski definition) is 2. The molecular weight excluding hydrogens is 264 g/mol. The third-order valence-corrected chi connectivity index (χ3v) is 2.81. The summed E-state index contributed by atoms with van der Waals surface area (Å²) in [6.45, 7) is 17.8. The molecule has 0 rings (SSSR count). The maximum Gasteiger partial charge on any atom is 0.0591 e. The highest BCUT2D eigenvalue weighted by Gasteiger charge is 1.95. The van der Waals surface area contributed by atoms with Crippen molar-refractivity contribution in [1.29, 1.82) is 0 Å². The molecule has 4 nitrogen and oxygen atoms in total. The molecule has 0 saturated heterocycles. The normalized spacial score (nSPS) is 10.3. The van der Waals surface area contributed by atoms with E-state index in [1.54, 1.807) is 6.08 Å². The van der Waals surface area contributed by atoms with Crippen LogP contribution in [0, 0.1) is 6.58 Å². The molecular formula is C17H31N2O2. The van der Waals surface area contributed by atoms with Crippen LogP contribution in [0.15, 0.2) is 24.0 Å². The van der Waals surface area contributed by atoms with Gasteiger partial charge in [0.05, 0.1) is 19.8 Å². The SMILES string of the molecule is [CH]=C=CCNCCC(=C)CCOCCNCCOCCC. The molecule has 0 heterocycles. The van der Waals surface area contributed by atoms with Crippen molar-refractivity contribution >= 4 is 0 Å². The van der Waals surface area contributed by atoms with Crippen LogP contribution in [0.25, 0.3) is 0 Å². The molecule has 2 N–H and O–H groups in total. The standard InChI is InChI=1S/C17H31N2O2/c1-4-6-9-18-10-7-17(3)8-14-21-16-12-19-11-15-20-13-5-2/h1,6,18-19H,3,5,7-16H2,2H3. The fraction of sp³-hybridized carbons (Fsp3) is 0.706. The topological polar surface area (TPSA) is 42.5 Å². The lowest BCUT2D eigenvalue weighted by atomic mass is 10.1. The van der Waals surface area contributed by atoms with E-state index in [4.69, 9.17) is 16.1 Å². The van der Waals surface area contributed by atoms with E-state index in [2.05, 4.69) is 29.9 Å². The molecule has 0 aromatic heterocycles. The zero-order chi connectivity index (χ0) is 15.6. The lowest BCUT2D eigenvalue weighted by molar-refractivity contribution is 0.123. The zero-order valence-corrected chi connectivity index (χ0v) is 13.5. The van der Waals surface area contributed by atoms with Crippen LogP contribution in [0.3, 0.4) is 0 Å². The number of hydrogen-bond acceptors (Lipinski definition) is 4. The highest BCUT2D eigenvalue weighted by molar-refractivity contribution is 4.94. The van der Waals surface area contributed by atoms with E-state index < -0.39 is 0 Å². The predicted octanol–water partition coefficient (Wildman–Crippen LogP) is 2.09. The Morgan fingerprint density at radius 3 is 2.43 bits per heavy atom. The molecule has 0 fully saturated rings. The van der Waals surface area contributed by atoms with Crippen LogP contribution in [0.5, 0.6) is 0 Å². The summed E-state index contributed by atoms with van der Waals surface area (Å²) in [5.41, 5.74) is 3.70. The molecule has 0 bridgehead atoms. The molecule has 0 aliphatic carbocycles. The minimum Gasteiger partial charge on any atom is -0.380 e. The Morgan fingerprint density at radius 1 is 1.05 bits per heavy atom. The van der Waals surface area contributed by atoms with Crippen molar-refractivity contribution in [2.45, 2.75) is 26.2 Å². The average Bonchev–Trinajstić information content (AvgIpc) is 2.49. The van der Waals surface area contributed by atoms with Gasteiger partial charge in [-0.2, -0.15) is 0 Å². The third-order valence-electron chi connectivity index (χ3n) is 2.81. The second-order valence-corrected chi connectivity index (χ2v) is 4.80. The third kappa shape index (κ3) is 17.0. The average molecular weight is 295 g/mol. The van der Waals surface area contributed by atoms with Gasteiger partial charge in [-0.05, 0) is 38.5 Å². The quantitative estimate of drug-likeness (QED) is 0.260. The fourth-order valence-corrected chi connectivity index (χ4v) is 1.60. The summed E-state index contributed by atoms with van der Waals surface area (Å²) in [5, 5.41) is 6.52. The van der Waals surface area contributed by atoms with Crippen molar-refractivity contribution in [2.75, 3.05) is 52.6 Å². The molecule has 0 aromatic rings. The molecule has 121 valence electrons. The Labute approximate surface area is 130 Å². The van der Waals surface area contributed by atoms with E-state index in [1.165, 1.54) is 5.57 Å². The first-order valence-corrected chi connectivity index (χ1v) is 7.82. The van der Waals surface area contributed by atoms with E-state index in [9.17, 15) is 0 Å². The second-order valence-electron chi connectivity index (χ2n) is 4.80. The fourth-order valence-electron chi connectivity index (χ4n) is 1.60. The summed E-state index contributed by atoms with van der Waals surface area (Å²) in [6.07, 6.45) is 4.73. The van der Waals surface area contributed by atoms with Crippen LogP contribution >= 0.6 is 0 Å². The summed E-state index contributed by atoms with van der Waals surface area (Å²) in [5.74, 6) is 0. The summed E-state index contributed by atoms with van der Waals surface area (Å²) in [7, 11) is 0. The van der Waals surface area contributed by atoms with E-state index >= 15 is 0 Å². The molecule has 0 saturated carbocycles. The van der Waals surface area contributed by atoms with Gasteiger partial charge in [0.2, 0.25) is 0 Å². The zero-order valence-electron chi connectivity index (χ0n) is 13.5. The predicted molar refractivity (Wildman–Crippen MR) is 88.4 cm³/mol. The van der Waals surface area contributed by atoms with Gasteiger partial charge >= 0.3 is 0 Å². The van der Waals surface area contributed by atoms with E-state index in [1.807, 2.05) is 0 Å². The Bertz CT molecular complexity index is 287. The highest BCUT2D eigenvalue weighted by atomic mass is 16.5. The van der Waals surface area contributed by atoms with Gasteiger partial charge in [0.25, 0.3) is 0 Å². The molecule has 1 radical (unpaired) electrons. The van der Waals surface area contributed by atoms with E-state index in [0.29, 0.717) is 0 Å². The van der Waals surface area contributed by atoms with Gasteiger partial charge in [0.15, 0.2) is 0 Å². The van der Waals surface area contributed by atoms with Crippen LogP contribution in [0.2, 0.25) is 0 Å². The molecule has 21 heavy (non-hydrogen) atoms. The first-order valence-electron chi connectivity index (χ1n) is 7.82. The van der Waals surface area contributed by atoms with Gasteiger partial charge in [0, 0.05) is 26.2 Å². The lowest BCUT2D eigenvalue weighted by Crippen LogP contribution is -2.24. The van der Waals surface area contributed by atoms with Gasteiger partial charge < -0.3 is 20.1 Å². The van der Waals surface area contributed by atoms with Gasteiger partial charge in [-0.15, -0.1) is 5.73 Å². The van der Waals surface area contributed by atoms with Crippen LogP contribution in [0.4, 0.5) is 0 Å². The summed E-state index contributed by atoms with van der Waals surface area (Å²) in [6, 6.07) is 0. The Kier molecular flexibility index (Phi) is 16.4. The van der Waals surface area contributed by atoms with Gasteiger partial charge in [-0.3, -0.25) is 0 Å². The van der Waals surface area contributed by atoms with Gasteiger partial charge in [-0.25, -0.2) is 0 Å². The van der Waals surface area contributed by atoms with Crippen molar-refractivity contribution in [3.63, 3.8) is 0 Å². The summed E-state index contributed by atoms with van der Waals surface area (Å²) in [4.78, 5) is 0. The maximum absolute atomic E-state index is 5.56. The molecule has 0 aliphatic heterocycles. The largest absolute Gasteiger partial charge is 0.380 e. The highest BCUT2D eigenvalue weighted by Crippen LogP contribution is 2.02. The lowest BCUT2D eigenvalue weighted by Gasteiger charge is -2.08. The number of ether oxygens (including phenoxy) is 2. The van der Waals surface area contributed by atoms with E-state index in [-0.39, 0.29) is 0 Å². The number of nitrogens with one attached hydrogen (secondary N) is 2. The van der Waals surface area contributed by atoms with Gasteiger partial charge in [0.1, 0.15) is 0 Å². The van der Waals surface area contributed by atoms with Crippen molar-refractivity contribution in [3.8, 4) is 0 Å². The minimum atomic E-state index is 0.733. The van der Waals surface area contributed by atoms with Crippen molar-refractivity contribution < 1.29 is 9.47 Å². The number of rotatable bonds is 16. The van der Waals surface area contributed by atoms with Crippen LogP contribution in [0.1, 0.15) is 26.2 Å². The first kappa shape index (κ1) is 20.1.